The standard InChI is InChI=1S/C17H20N2O3S2/c1-10-4-3-5-13(11(10)2)19-14-8-24(21,22)9-15(14)23-17(19)18-16(20)12-6-7-12/h3-5,12,14-15H,6-9H2,1-2H3/t14-,15-/m1/s1. The molecule has 5 nitrogen and oxygen atoms in total. The van der Waals surface area contributed by atoms with Crippen LogP contribution in [0, 0.1) is 19.8 Å². The molecule has 128 valence electrons. The second-order valence-electron chi connectivity index (χ2n) is 6.90. The van der Waals surface area contributed by atoms with E-state index in [1.165, 1.54) is 11.8 Å². The molecule has 2 aliphatic heterocycles. The van der Waals surface area contributed by atoms with Crippen LogP contribution in [0.2, 0.25) is 0 Å². The van der Waals surface area contributed by atoms with Crippen LogP contribution in [-0.4, -0.2) is 42.3 Å². The van der Waals surface area contributed by atoms with Gasteiger partial charge in [0.2, 0.25) is 0 Å². The fourth-order valence-electron chi connectivity index (χ4n) is 3.36. The Bertz CT molecular complexity index is 843. The quantitative estimate of drug-likeness (QED) is 0.806. The number of amides is 1. The molecule has 0 unspecified atom stereocenters. The first-order valence-electron chi connectivity index (χ1n) is 8.21. The van der Waals surface area contributed by atoms with Crippen molar-refractivity contribution < 1.29 is 13.2 Å². The molecule has 1 saturated carbocycles. The highest BCUT2D eigenvalue weighted by molar-refractivity contribution is 8.16. The molecular weight excluding hydrogens is 344 g/mol. The number of nitrogens with zero attached hydrogens (tertiary/aromatic N) is 2. The van der Waals surface area contributed by atoms with Gasteiger partial charge in [-0.1, -0.05) is 23.9 Å². The number of carbonyl (C=O) groups is 1. The number of rotatable bonds is 2. The van der Waals surface area contributed by atoms with E-state index in [-0.39, 0.29) is 34.6 Å². The number of hydrogen-bond acceptors (Lipinski definition) is 4. The monoisotopic (exact) mass is 364 g/mol. The third-order valence-corrected chi connectivity index (χ3v) is 8.24. The number of sulfone groups is 1. The number of fused-ring (bicyclic) bond motifs is 1. The second kappa shape index (κ2) is 5.59. The molecule has 0 radical (unpaired) electrons. The van der Waals surface area contributed by atoms with Crippen LogP contribution in [0.3, 0.4) is 0 Å². The van der Waals surface area contributed by atoms with Gasteiger partial charge in [-0.15, -0.1) is 0 Å². The zero-order chi connectivity index (χ0) is 17.1. The molecule has 0 aromatic heterocycles. The lowest BCUT2D eigenvalue weighted by atomic mass is 10.1. The Kier molecular flexibility index (Phi) is 3.76. The van der Waals surface area contributed by atoms with Crippen LogP contribution >= 0.6 is 11.8 Å². The minimum Gasteiger partial charge on any atom is -0.315 e. The van der Waals surface area contributed by atoms with Crippen LogP contribution in [0.5, 0.6) is 0 Å². The van der Waals surface area contributed by atoms with Crippen molar-refractivity contribution in [2.24, 2.45) is 10.9 Å². The molecule has 2 saturated heterocycles. The van der Waals surface area contributed by atoms with E-state index in [9.17, 15) is 13.2 Å². The Labute approximate surface area is 146 Å². The van der Waals surface area contributed by atoms with Crippen molar-refractivity contribution in [2.75, 3.05) is 16.4 Å². The topological polar surface area (TPSA) is 66.8 Å². The summed E-state index contributed by atoms with van der Waals surface area (Å²) in [5.74, 6) is 0.313. The van der Waals surface area contributed by atoms with Crippen molar-refractivity contribution in [3.63, 3.8) is 0 Å². The zero-order valence-electron chi connectivity index (χ0n) is 13.7. The molecule has 7 heteroatoms. The Balaban J connectivity index is 1.77. The average molecular weight is 364 g/mol. The number of amidine groups is 1. The van der Waals surface area contributed by atoms with E-state index >= 15 is 0 Å². The Morgan fingerprint density at radius 2 is 2.00 bits per heavy atom. The lowest BCUT2D eigenvalue weighted by Crippen LogP contribution is -2.38. The van der Waals surface area contributed by atoms with E-state index in [4.69, 9.17) is 0 Å². The van der Waals surface area contributed by atoms with Gasteiger partial charge in [0.05, 0.1) is 17.5 Å². The number of thioether (sulfide) groups is 1. The summed E-state index contributed by atoms with van der Waals surface area (Å²) < 4.78 is 24.1. The van der Waals surface area contributed by atoms with Gasteiger partial charge in [-0.3, -0.25) is 4.79 Å². The molecule has 0 bridgehead atoms. The van der Waals surface area contributed by atoms with Crippen LogP contribution in [0.15, 0.2) is 23.2 Å². The smallest absolute Gasteiger partial charge is 0.251 e. The van der Waals surface area contributed by atoms with Crippen molar-refractivity contribution in [3.05, 3.63) is 29.3 Å². The van der Waals surface area contributed by atoms with Gasteiger partial charge in [0, 0.05) is 16.9 Å². The predicted molar refractivity (Wildman–Crippen MR) is 97.4 cm³/mol. The highest BCUT2D eigenvalue weighted by Crippen LogP contribution is 2.43. The van der Waals surface area contributed by atoms with E-state index in [0.717, 1.165) is 29.7 Å². The molecule has 3 aliphatic rings. The number of aliphatic imine (C=N–C) groups is 1. The van der Waals surface area contributed by atoms with Crippen molar-refractivity contribution in [3.8, 4) is 0 Å². The summed E-state index contributed by atoms with van der Waals surface area (Å²) in [7, 11) is -3.03. The van der Waals surface area contributed by atoms with E-state index in [2.05, 4.69) is 4.99 Å². The molecule has 0 spiro atoms. The second-order valence-corrected chi connectivity index (χ2v) is 10.3. The summed E-state index contributed by atoms with van der Waals surface area (Å²) >= 11 is 1.45. The Morgan fingerprint density at radius 1 is 1.25 bits per heavy atom. The molecule has 2 atom stereocenters. The molecule has 1 amide bonds. The van der Waals surface area contributed by atoms with Crippen molar-refractivity contribution >= 4 is 38.4 Å². The van der Waals surface area contributed by atoms with Gasteiger partial charge in [0.25, 0.3) is 5.91 Å². The molecule has 0 N–H and O–H groups in total. The fourth-order valence-corrected chi connectivity index (χ4v) is 7.27. The number of benzene rings is 1. The van der Waals surface area contributed by atoms with Crippen molar-refractivity contribution in [2.45, 2.75) is 38.0 Å². The lowest BCUT2D eigenvalue weighted by molar-refractivity contribution is -0.118. The van der Waals surface area contributed by atoms with Gasteiger partial charge in [-0.05, 0) is 43.9 Å². The summed E-state index contributed by atoms with van der Waals surface area (Å²) in [5, 5.41) is 0.631. The number of hydrogen-bond donors (Lipinski definition) is 0. The third kappa shape index (κ3) is 2.77. The zero-order valence-corrected chi connectivity index (χ0v) is 15.4. The summed E-state index contributed by atoms with van der Waals surface area (Å²) in [4.78, 5) is 18.6. The first-order chi connectivity index (χ1) is 11.4. The van der Waals surface area contributed by atoms with Gasteiger partial charge < -0.3 is 4.90 Å². The Morgan fingerprint density at radius 3 is 2.71 bits per heavy atom. The number of anilines is 1. The third-order valence-electron chi connectivity index (χ3n) is 5.03. The summed E-state index contributed by atoms with van der Waals surface area (Å²) in [6, 6.07) is 5.87. The van der Waals surface area contributed by atoms with Crippen molar-refractivity contribution in [1.29, 1.82) is 0 Å². The maximum atomic E-state index is 12.2. The molecule has 4 rings (SSSR count). The molecule has 1 aromatic carbocycles. The van der Waals surface area contributed by atoms with E-state index in [1.54, 1.807) is 0 Å². The predicted octanol–water partition coefficient (Wildman–Crippen LogP) is 2.31. The summed E-state index contributed by atoms with van der Waals surface area (Å²) in [5.41, 5.74) is 3.22. The van der Waals surface area contributed by atoms with Crippen LogP contribution in [0.25, 0.3) is 0 Å². The first-order valence-corrected chi connectivity index (χ1v) is 10.9. The average Bonchev–Trinajstić information content (AvgIpc) is 3.24. The van der Waals surface area contributed by atoms with Gasteiger partial charge in [-0.2, -0.15) is 4.99 Å². The van der Waals surface area contributed by atoms with Crippen LogP contribution in [-0.2, 0) is 14.6 Å². The van der Waals surface area contributed by atoms with Gasteiger partial charge >= 0.3 is 0 Å². The van der Waals surface area contributed by atoms with Crippen LogP contribution in [0.4, 0.5) is 5.69 Å². The van der Waals surface area contributed by atoms with E-state index < -0.39 is 9.84 Å². The number of carbonyl (C=O) groups excluding carboxylic acids is 1. The van der Waals surface area contributed by atoms with Crippen molar-refractivity contribution in [1.82, 2.24) is 0 Å². The van der Waals surface area contributed by atoms with Crippen LogP contribution in [0.1, 0.15) is 24.0 Å². The highest BCUT2D eigenvalue weighted by Gasteiger charge is 2.50. The normalized spacial score (nSPS) is 29.9. The van der Waals surface area contributed by atoms with Gasteiger partial charge in [0.15, 0.2) is 15.0 Å². The summed E-state index contributed by atoms with van der Waals surface area (Å²) in [6.07, 6.45) is 1.84. The van der Waals surface area contributed by atoms with E-state index in [0.29, 0.717) is 5.17 Å². The Hall–Kier alpha value is -1.34. The molecule has 2 heterocycles. The van der Waals surface area contributed by atoms with E-state index in [1.807, 2.05) is 36.9 Å². The number of aryl methyl sites for hydroxylation is 1. The maximum Gasteiger partial charge on any atom is 0.251 e. The first kappa shape index (κ1) is 16.1. The minimum atomic E-state index is -3.03. The SMILES string of the molecule is Cc1cccc(N2C(=NC(=O)C3CC3)S[C@@H]3CS(=O)(=O)C[C@H]32)c1C. The largest absolute Gasteiger partial charge is 0.315 e. The minimum absolute atomic E-state index is 0.0411. The lowest BCUT2D eigenvalue weighted by Gasteiger charge is -2.26. The van der Waals surface area contributed by atoms with Gasteiger partial charge in [0.1, 0.15) is 0 Å². The molecule has 3 fully saturated rings. The molecule has 24 heavy (non-hydrogen) atoms. The highest BCUT2D eigenvalue weighted by atomic mass is 32.2. The van der Waals surface area contributed by atoms with Crippen LogP contribution < -0.4 is 4.90 Å². The van der Waals surface area contributed by atoms with Gasteiger partial charge in [-0.25, -0.2) is 8.42 Å². The fraction of sp³-hybridized carbons (Fsp3) is 0.529. The summed E-state index contributed by atoms with van der Waals surface area (Å²) in [6.45, 7) is 4.07. The molecule has 1 aliphatic carbocycles. The molecule has 1 aromatic rings. The molecular formula is C17H20N2O3S2. The maximum absolute atomic E-state index is 12.2.